The number of aliphatic hydroxyl groups excluding tert-OH is 1. The lowest BCUT2D eigenvalue weighted by molar-refractivity contribution is -0.146. The fourth-order valence-corrected chi connectivity index (χ4v) is 1.85. The zero-order valence-electron chi connectivity index (χ0n) is 9.99. The molecule has 1 aromatic carbocycles. The molecule has 0 radical (unpaired) electrons. The number of carbonyl (C=O) groups is 2. The topological polar surface area (TPSA) is 99.8 Å². The summed E-state index contributed by atoms with van der Waals surface area (Å²) in [6, 6.07) is 4.58. The van der Waals surface area contributed by atoms with Crippen LogP contribution in [0.2, 0.25) is 0 Å². The van der Waals surface area contributed by atoms with Crippen molar-refractivity contribution in [3.8, 4) is 5.75 Å². The van der Waals surface area contributed by atoms with Gasteiger partial charge in [0.25, 0.3) is 5.78 Å². The minimum Gasteiger partial charge on any atom is -0.508 e. The summed E-state index contributed by atoms with van der Waals surface area (Å²) in [7, 11) is 1.73. The number of aromatic hydroxyl groups is 1. The Morgan fingerprint density at radius 1 is 1.26 bits per heavy atom. The Morgan fingerprint density at radius 2 is 1.95 bits per heavy atom. The van der Waals surface area contributed by atoms with Crippen LogP contribution in [0.1, 0.15) is 5.56 Å². The Morgan fingerprint density at radius 3 is 2.58 bits per heavy atom. The highest BCUT2D eigenvalue weighted by molar-refractivity contribution is 6.38. The molecular weight excluding hydrogens is 250 g/mol. The number of nitrogens with zero attached hydrogens (tertiary/aromatic N) is 1. The van der Waals surface area contributed by atoms with Gasteiger partial charge in [-0.3, -0.25) is 4.79 Å². The Bertz CT molecular complexity index is 711. The van der Waals surface area contributed by atoms with E-state index in [0.29, 0.717) is 11.5 Å². The molecule has 19 heavy (non-hydrogen) atoms. The van der Waals surface area contributed by atoms with E-state index >= 15 is 0 Å². The fraction of sp³-hybridized carbons (Fsp3) is 0.0769. The molecule has 1 aromatic heterocycles. The number of aromatic nitrogens is 1. The van der Waals surface area contributed by atoms with E-state index in [1.807, 2.05) is 0 Å². The minimum atomic E-state index is -1.64. The number of aliphatic hydroxyl groups is 1. The van der Waals surface area contributed by atoms with Crippen LogP contribution in [-0.2, 0) is 16.6 Å². The molecule has 0 bridgehead atoms. The quantitative estimate of drug-likeness (QED) is 0.441. The molecule has 0 fully saturated rings. The second-order valence-electron chi connectivity index (χ2n) is 4.05. The lowest BCUT2D eigenvalue weighted by Gasteiger charge is -1.98. The highest BCUT2D eigenvalue weighted by Gasteiger charge is 2.14. The second-order valence-corrected chi connectivity index (χ2v) is 4.05. The van der Waals surface area contributed by atoms with Crippen molar-refractivity contribution in [1.29, 1.82) is 0 Å². The number of carboxylic acid groups (broad SMARTS) is 1. The number of aryl methyl sites for hydroxylation is 1. The molecule has 3 N–H and O–H groups in total. The van der Waals surface area contributed by atoms with Crippen molar-refractivity contribution in [2.75, 3.05) is 0 Å². The van der Waals surface area contributed by atoms with E-state index in [2.05, 4.69) is 0 Å². The molecule has 0 unspecified atom stereocenters. The van der Waals surface area contributed by atoms with Crippen LogP contribution in [0, 0.1) is 0 Å². The van der Waals surface area contributed by atoms with Crippen LogP contribution in [0.4, 0.5) is 0 Å². The number of carboxylic acids is 1. The summed E-state index contributed by atoms with van der Waals surface area (Å²) in [4.78, 5) is 21.5. The summed E-state index contributed by atoms with van der Waals surface area (Å²) in [6.45, 7) is 0. The van der Waals surface area contributed by atoms with Gasteiger partial charge in [-0.15, -0.1) is 0 Å². The van der Waals surface area contributed by atoms with E-state index < -0.39 is 17.5 Å². The largest absolute Gasteiger partial charge is 0.508 e. The highest BCUT2D eigenvalue weighted by atomic mass is 16.4. The van der Waals surface area contributed by atoms with Crippen LogP contribution >= 0.6 is 0 Å². The highest BCUT2D eigenvalue weighted by Crippen LogP contribution is 2.28. The maximum Gasteiger partial charge on any atom is 0.376 e. The van der Waals surface area contributed by atoms with Crippen molar-refractivity contribution in [1.82, 2.24) is 4.57 Å². The lowest BCUT2D eigenvalue weighted by atomic mass is 10.1. The van der Waals surface area contributed by atoms with Gasteiger partial charge in [-0.2, -0.15) is 0 Å². The van der Waals surface area contributed by atoms with Crippen LogP contribution in [0.5, 0.6) is 5.75 Å². The third kappa shape index (κ3) is 2.28. The summed E-state index contributed by atoms with van der Waals surface area (Å²) in [6.07, 6.45) is 2.19. The molecule has 0 atom stereocenters. The molecule has 6 heteroatoms. The average molecular weight is 261 g/mol. The third-order valence-electron chi connectivity index (χ3n) is 2.73. The molecule has 1 heterocycles. The lowest BCUT2D eigenvalue weighted by Crippen LogP contribution is -2.09. The molecule has 2 aromatic rings. The van der Waals surface area contributed by atoms with Crippen LogP contribution in [-0.4, -0.2) is 31.6 Å². The predicted octanol–water partition coefficient (Wildman–Crippen LogP) is 1.44. The first-order valence-electron chi connectivity index (χ1n) is 5.36. The van der Waals surface area contributed by atoms with E-state index in [0.717, 1.165) is 5.52 Å². The molecule has 0 aliphatic carbocycles. The SMILES string of the molecule is Cn1cc(C(O)=CC(=O)C(=O)O)c2cc(O)ccc21. The fourth-order valence-electron chi connectivity index (χ4n) is 1.85. The number of aliphatic carboxylic acids is 1. The van der Waals surface area contributed by atoms with Gasteiger partial charge in [0, 0.05) is 35.8 Å². The molecule has 0 spiro atoms. The Balaban J connectivity index is 2.60. The molecule has 0 saturated heterocycles. The minimum absolute atomic E-state index is 0.0114. The van der Waals surface area contributed by atoms with E-state index in [4.69, 9.17) is 5.11 Å². The first-order chi connectivity index (χ1) is 8.90. The first kappa shape index (κ1) is 12.7. The van der Waals surface area contributed by atoms with Crippen molar-refractivity contribution >= 4 is 28.4 Å². The van der Waals surface area contributed by atoms with Gasteiger partial charge in [-0.05, 0) is 18.2 Å². The van der Waals surface area contributed by atoms with Gasteiger partial charge in [0.05, 0.1) is 0 Å². The number of hydrogen-bond donors (Lipinski definition) is 3. The van der Waals surface area contributed by atoms with Crippen LogP contribution < -0.4 is 0 Å². The van der Waals surface area contributed by atoms with Gasteiger partial charge in [0.2, 0.25) is 0 Å². The summed E-state index contributed by atoms with van der Waals surface area (Å²) in [5.74, 6) is -3.30. The van der Waals surface area contributed by atoms with E-state index in [9.17, 15) is 19.8 Å². The molecule has 0 aliphatic rings. The van der Waals surface area contributed by atoms with Crippen molar-refractivity contribution < 1.29 is 24.9 Å². The van der Waals surface area contributed by atoms with Gasteiger partial charge >= 0.3 is 5.97 Å². The smallest absolute Gasteiger partial charge is 0.376 e. The third-order valence-corrected chi connectivity index (χ3v) is 2.73. The molecule has 2 rings (SSSR count). The number of fused-ring (bicyclic) bond motifs is 1. The number of rotatable bonds is 3. The summed E-state index contributed by atoms with van der Waals surface area (Å²) in [5.41, 5.74) is 1.01. The number of phenols is 1. The standard InChI is InChI=1S/C13H11NO5/c1-14-6-9(11(16)5-12(17)13(18)19)8-4-7(15)2-3-10(8)14/h2-6,15-16H,1H3,(H,18,19). The Hall–Kier alpha value is -2.76. The van der Waals surface area contributed by atoms with E-state index in [1.165, 1.54) is 12.1 Å². The van der Waals surface area contributed by atoms with Crippen molar-refractivity contribution in [2.45, 2.75) is 0 Å². The van der Waals surface area contributed by atoms with E-state index in [-0.39, 0.29) is 11.3 Å². The molecule has 0 amide bonds. The summed E-state index contributed by atoms with van der Waals surface area (Å²) in [5, 5.41) is 28.3. The van der Waals surface area contributed by atoms with Gasteiger partial charge in [0.1, 0.15) is 11.5 Å². The Kier molecular flexibility index (Phi) is 3.00. The molecule has 98 valence electrons. The average Bonchev–Trinajstić information content (AvgIpc) is 2.66. The molecule has 0 aliphatic heterocycles. The van der Waals surface area contributed by atoms with Crippen molar-refractivity contribution in [2.24, 2.45) is 7.05 Å². The number of hydrogen-bond acceptors (Lipinski definition) is 4. The second kappa shape index (κ2) is 4.49. The van der Waals surface area contributed by atoms with Gasteiger partial charge in [0.15, 0.2) is 0 Å². The number of ketones is 1. The number of carbonyl (C=O) groups excluding carboxylic acids is 1. The zero-order chi connectivity index (χ0) is 14.2. The van der Waals surface area contributed by atoms with Gasteiger partial charge < -0.3 is 19.9 Å². The van der Waals surface area contributed by atoms with Crippen molar-refractivity contribution in [3.63, 3.8) is 0 Å². The summed E-state index contributed by atoms with van der Waals surface area (Å²) < 4.78 is 1.69. The maximum atomic E-state index is 11.0. The monoisotopic (exact) mass is 261 g/mol. The van der Waals surface area contributed by atoms with Crippen LogP contribution in [0.25, 0.3) is 16.7 Å². The molecule has 0 saturated carbocycles. The normalized spacial score (nSPS) is 11.7. The van der Waals surface area contributed by atoms with Crippen LogP contribution in [0.3, 0.4) is 0 Å². The predicted molar refractivity (Wildman–Crippen MR) is 67.8 cm³/mol. The van der Waals surface area contributed by atoms with E-state index in [1.54, 1.807) is 23.9 Å². The zero-order valence-corrected chi connectivity index (χ0v) is 9.99. The van der Waals surface area contributed by atoms with Gasteiger partial charge in [-0.25, -0.2) is 4.79 Å². The molecule has 6 nitrogen and oxygen atoms in total. The van der Waals surface area contributed by atoms with Crippen LogP contribution in [0.15, 0.2) is 30.5 Å². The number of benzene rings is 1. The maximum absolute atomic E-state index is 11.0. The van der Waals surface area contributed by atoms with Gasteiger partial charge in [-0.1, -0.05) is 0 Å². The number of phenolic OH excluding ortho intramolecular Hbond substituents is 1. The first-order valence-corrected chi connectivity index (χ1v) is 5.36. The Labute approximate surface area is 107 Å². The molecular formula is C13H11NO5. The van der Waals surface area contributed by atoms with Crippen molar-refractivity contribution in [3.05, 3.63) is 36.0 Å². The summed E-state index contributed by atoms with van der Waals surface area (Å²) >= 11 is 0.